The fraction of sp³-hybridized carbons (Fsp3) is 0.444. The average Bonchev–Trinajstić information content (AvgIpc) is 2.62. The Balaban J connectivity index is 1.58. The minimum atomic E-state index is 0.920. The highest BCUT2D eigenvalue weighted by atomic mass is 16.5. The Morgan fingerprint density at radius 2 is 1.88 bits per heavy atom. The number of hydrogen-bond donors (Lipinski definition) is 0. The molecule has 0 radical (unpaired) electrons. The Kier molecular flexibility index (Phi) is 5.15. The largest absolute Gasteiger partial charge is 0.497 e. The first kappa shape index (κ1) is 16.5. The highest BCUT2D eigenvalue weighted by Crippen LogP contribution is 2.19. The molecule has 1 aliphatic rings. The van der Waals surface area contributed by atoms with Gasteiger partial charge in [0.1, 0.15) is 23.7 Å². The normalized spacial score (nSPS) is 15.4. The van der Waals surface area contributed by atoms with E-state index in [1.54, 1.807) is 13.4 Å². The fourth-order valence-electron chi connectivity index (χ4n) is 2.92. The number of ether oxygens (including phenoxy) is 1. The van der Waals surface area contributed by atoms with Crippen LogP contribution in [0.3, 0.4) is 0 Å². The summed E-state index contributed by atoms with van der Waals surface area (Å²) in [4.78, 5) is 15.5. The van der Waals surface area contributed by atoms with Gasteiger partial charge in [-0.2, -0.15) is 0 Å². The zero-order valence-electron chi connectivity index (χ0n) is 14.6. The number of rotatable bonds is 5. The van der Waals surface area contributed by atoms with E-state index < -0.39 is 0 Å². The van der Waals surface area contributed by atoms with Crippen molar-refractivity contribution < 1.29 is 4.74 Å². The van der Waals surface area contributed by atoms with Gasteiger partial charge in [0.15, 0.2) is 0 Å². The summed E-state index contributed by atoms with van der Waals surface area (Å²) in [7, 11) is 5.71. The Morgan fingerprint density at radius 1 is 1.08 bits per heavy atom. The lowest BCUT2D eigenvalue weighted by Gasteiger charge is -2.35. The van der Waals surface area contributed by atoms with E-state index in [0.29, 0.717) is 0 Å². The molecule has 2 aromatic rings. The summed E-state index contributed by atoms with van der Waals surface area (Å²) in [6, 6.07) is 10.4. The Bertz CT molecular complexity index is 668. The van der Waals surface area contributed by atoms with E-state index in [1.165, 1.54) is 5.56 Å². The van der Waals surface area contributed by atoms with E-state index in [9.17, 15) is 0 Å². The fourth-order valence-corrected chi connectivity index (χ4v) is 2.92. The average molecular weight is 327 g/mol. The van der Waals surface area contributed by atoms with E-state index in [2.05, 4.69) is 38.0 Å². The molecule has 24 heavy (non-hydrogen) atoms. The van der Waals surface area contributed by atoms with E-state index >= 15 is 0 Å². The summed E-state index contributed by atoms with van der Waals surface area (Å²) in [5, 5.41) is 0. The van der Waals surface area contributed by atoms with E-state index in [4.69, 9.17) is 4.74 Å². The van der Waals surface area contributed by atoms with Crippen LogP contribution >= 0.6 is 0 Å². The van der Waals surface area contributed by atoms with Gasteiger partial charge in [0.2, 0.25) is 0 Å². The second kappa shape index (κ2) is 7.49. The number of benzene rings is 1. The standard InChI is InChI=1S/C18H25N5O/c1-21(2)17-12-18(20-14-19-17)23-9-7-22(8-10-23)13-15-5-4-6-16(11-15)24-3/h4-6,11-12,14H,7-10,13H2,1-3H3. The minimum Gasteiger partial charge on any atom is -0.497 e. The van der Waals surface area contributed by atoms with Crippen LogP contribution in [-0.2, 0) is 6.54 Å². The van der Waals surface area contributed by atoms with Gasteiger partial charge in [-0.05, 0) is 17.7 Å². The third-order valence-electron chi connectivity index (χ3n) is 4.33. The molecule has 0 spiro atoms. The third kappa shape index (κ3) is 3.94. The predicted molar refractivity (Wildman–Crippen MR) is 96.8 cm³/mol. The quantitative estimate of drug-likeness (QED) is 0.835. The van der Waals surface area contributed by atoms with Crippen molar-refractivity contribution in [2.24, 2.45) is 0 Å². The number of anilines is 2. The molecule has 3 rings (SSSR count). The Hall–Kier alpha value is -2.34. The molecule has 1 fully saturated rings. The van der Waals surface area contributed by atoms with E-state index in [-0.39, 0.29) is 0 Å². The Morgan fingerprint density at radius 3 is 2.58 bits per heavy atom. The molecule has 6 nitrogen and oxygen atoms in total. The van der Waals surface area contributed by atoms with Crippen LogP contribution in [0.5, 0.6) is 5.75 Å². The number of methoxy groups -OCH3 is 1. The number of hydrogen-bond acceptors (Lipinski definition) is 6. The van der Waals surface area contributed by atoms with Crippen molar-refractivity contribution in [2.75, 3.05) is 57.2 Å². The van der Waals surface area contributed by atoms with Crippen molar-refractivity contribution in [1.29, 1.82) is 0 Å². The van der Waals surface area contributed by atoms with Crippen LogP contribution in [0, 0.1) is 0 Å². The first-order valence-electron chi connectivity index (χ1n) is 8.25. The minimum absolute atomic E-state index is 0.920. The molecule has 0 saturated carbocycles. The SMILES string of the molecule is COc1cccc(CN2CCN(c3cc(N(C)C)ncn3)CC2)c1. The second-order valence-corrected chi connectivity index (χ2v) is 6.24. The van der Waals surface area contributed by atoms with Crippen molar-refractivity contribution in [3.63, 3.8) is 0 Å². The summed E-state index contributed by atoms with van der Waals surface area (Å²) < 4.78 is 5.30. The highest BCUT2D eigenvalue weighted by molar-refractivity contribution is 5.49. The lowest BCUT2D eigenvalue weighted by atomic mass is 10.2. The van der Waals surface area contributed by atoms with Gasteiger partial charge < -0.3 is 14.5 Å². The summed E-state index contributed by atoms with van der Waals surface area (Å²) in [5.74, 6) is 2.87. The van der Waals surface area contributed by atoms with Gasteiger partial charge in [-0.25, -0.2) is 9.97 Å². The van der Waals surface area contributed by atoms with Crippen LogP contribution < -0.4 is 14.5 Å². The zero-order chi connectivity index (χ0) is 16.9. The molecule has 0 aliphatic carbocycles. The van der Waals surface area contributed by atoms with Crippen LogP contribution in [0.15, 0.2) is 36.7 Å². The van der Waals surface area contributed by atoms with Gasteiger partial charge in [0.05, 0.1) is 7.11 Å². The molecule has 1 aromatic heterocycles. The van der Waals surface area contributed by atoms with Crippen LogP contribution in [0.25, 0.3) is 0 Å². The molecule has 0 N–H and O–H groups in total. The number of aromatic nitrogens is 2. The summed E-state index contributed by atoms with van der Waals surface area (Å²) in [6.07, 6.45) is 1.65. The molecule has 0 atom stereocenters. The van der Waals surface area contributed by atoms with Gasteiger partial charge in [0.25, 0.3) is 0 Å². The second-order valence-electron chi connectivity index (χ2n) is 6.24. The molecule has 0 amide bonds. The maximum Gasteiger partial charge on any atom is 0.134 e. The first-order chi connectivity index (χ1) is 11.7. The number of nitrogens with zero attached hydrogens (tertiary/aromatic N) is 5. The van der Waals surface area contributed by atoms with Crippen LogP contribution in [0.2, 0.25) is 0 Å². The highest BCUT2D eigenvalue weighted by Gasteiger charge is 2.19. The van der Waals surface area contributed by atoms with Gasteiger partial charge in [-0.15, -0.1) is 0 Å². The van der Waals surface area contributed by atoms with E-state index in [0.717, 1.165) is 50.1 Å². The maximum absolute atomic E-state index is 5.30. The molecule has 0 unspecified atom stereocenters. The molecule has 1 aromatic carbocycles. The predicted octanol–water partition coefficient (Wildman–Crippen LogP) is 1.87. The summed E-state index contributed by atoms with van der Waals surface area (Å²) in [6.45, 7) is 4.97. The van der Waals surface area contributed by atoms with Crippen LogP contribution in [0.1, 0.15) is 5.56 Å². The molecular formula is C18H25N5O. The topological polar surface area (TPSA) is 44.7 Å². The van der Waals surface area contributed by atoms with Gasteiger partial charge >= 0.3 is 0 Å². The van der Waals surface area contributed by atoms with Crippen LogP contribution in [-0.4, -0.2) is 62.3 Å². The molecule has 6 heteroatoms. The Labute approximate surface area is 143 Å². The van der Waals surface area contributed by atoms with Crippen molar-refractivity contribution in [2.45, 2.75) is 6.54 Å². The van der Waals surface area contributed by atoms with Gasteiger partial charge in [-0.1, -0.05) is 12.1 Å². The molecule has 1 aliphatic heterocycles. The lowest BCUT2D eigenvalue weighted by Crippen LogP contribution is -2.46. The van der Waals surface area contributed by atoms with Gasteiger partial charge in [0, 0.05) is 52.9 Å². The summed E-state index contributed by atoms with van der Waals surface area (Å²) >= 11 is 0. The molecule has 1 saturated heterocycles. The van der Waals surface area contributed by atoms with Crippen molar-refractivity contribution in [3.8, 4) is 5.75 Å². The molecular weight excluding hydrogens is 302 g/mol. The lowest BCUT2D eigenvalue weighted by molar-refractivity contribution is 0.249. The van der Waals surface area contributed by atoms with Gasteiger partial charge in [-0.3, -0.25) is 4.90 Å². The molecule has 0 bridgehead atoms. The van der Waals surface area contributed by atoms with Crippen molar-refractivity contribution in [1.82, 2.24) is 14.9 Å². The smallest absolute Gasteiger partial charge is 0.134 e. The zero-order valence-corrected chi connectivity index (χ0v) is 14.6. The molecule has 2 heterocycles. The monoisotopic (exact) mass is 327 g/mol. The maximum atomic E-state index is 5.30. The van der Waals surface area contributed by atoms with Crippen molar-refractivity contribution in [3.05, 3.63) is 42.2 Å². The number of piperazine rings is 1. The van der Waals surface area contributed by atoms with Crippen molar-refractivity contribution >= 4 is 11.6 Å². The molecule has 128 valence electrons. The third-order valence-corrected chi connectivity index (χ3v) is 4.33. The summed E-state index contributed by atoms with van der Waals surface area (Å²) in [5.41, 5.74) is 1.29. The van der Waals surface area contributed by atoms with E-state index in [1.807, 2.05) is 31.1 Å². The van der Waals surface area contributed by atoms with Crippen LogP contribution in [0.4, 0.5) is 11.6 Å². The first-order valence-corrected chi connectivity index (χ1v) is 8.25.